The van der Waals surface area contributed by atoms with E-state index < -0.39 is 0 Å². The summed E-state index contributed by atoms with van der Waals surface area (Å²) in [5, 5.41) is 15.0. The predicted molar refractivity (Wildman–Crippen MR) is 71.9 cm³/mol. The van der Waals surface area contributed by atoms with Crippen LogP contribution < -0.4 is 15.4 Å². The van der Waals surface area contributed by atoms with Crippen molar-refractivity contribution in [3.63, 3.8) is 0 Å². The number of nitrogens with one attached hydrogen (secondary N) is 2. The average molecular weight is 261 g/mol. The Morgan fingerprint density at radius 1 is 1.42 bits per heavy atom. The molecule has 100 valence electrons. The van der Waals surface area contributed by atoms with Crippen molar-refractivity contribution < 1.29 is 14.6 Å². The van der Waals surface area contributed by atoms with E-state index in [4.69, 9.17) is 4.74 Å². The molecule has 1 aromatic rings. The number of rotatable bonds is 3. The van der Waals surface area contributed by atoms with Gasteiger partial charge in [0.2, 0.25) is 5.96 Å². The first-order valence-corrected chi connectivity index (χ1v) is 5.85. The average Bonchev–Trinajstić information content (AvgIpc) is 2.72. The third kappa shape index (κ3) is 2.85. The largest absolute Gasteiger partial charge is 0.504 e. The van der Waals surface area contributed by atoms with E-state index in [1.807, 2.05) is 6.92 Å². The summed E-state index contributed by atoms with van der Waals surface area (Å²) in [5.74, 6) is 0.626. The van der Waals surface area contributed by atoms with Crippen LogP contribution in [0, 0.1) is 0 Å². The van der Waals surface area contributed by atoms with E-state index in [2.05, 4.69) is 15.6 Å². The van der Waals surface area contributed by atoms with Crippen LogP contribution in [0.2, 0.25) is 0 Å². The minimum absolute atomic E-state index is 0.0571. The fourth-order valence-electron chi connectivity index (χ4n) is 1.68. The lowest BCUT2D eigenvalue weighted by Crippen LogP contribution is -2.25. The van der Waals surface area contributed by atoms with Crippen LogP contribution in [0.1, 0.15) is 12.5 Å². The maximum absolute atomic E-state index is 11.7. The number of benzene rings is 1. The highest BCUT2D eigenvalue weighted by Crippen LogP contribution is 2.27. The van der Waals surface area contributed by atoms with Gasteiger partial charge in [-0.15, -0.1) is 0 Å². The second-order valence-corrected chi connectivity index (χ2v) is 3.89. The van der Waals surface area contributed by atoms with E-state index in [0.717, 1.165) is 5.56 Å². The van der Waals surface area contributed by atoms with Gasteiger partial charge in [-0.3, -0.25) is 15.1 Å². The van der Waals surface area contributed by atoms with Gasteiger partial charge in [0.1, 0.15) is 5.70 Å². The van der Waals surface area contributed by atoms with E-state index >= 15 is 0 Å². The molecule has 0 bridgehead atoms. The van der Waals surface area contributed by atoms with Gasteiger partial charge in [0.15, 0.2) is 11.5 Å². The van der Waals surface area contributed by atoms with Crippen molar-refractivity contribution in [1.29, 1.82) is 0 Å². The van der Waals surface area contributed by atoms with Crippen LogP contribution in [0.3, 0.4) is 0 Å². The number of hydrogen-bond acceptors (Lipinski definition) is 4. The molecule has 1 aliphatic heterocycles. The van der Waals surface area contributed by atoms with Crippen LogP contribution in [0.15, 0.2) is 28.9 Å². The summed E-state index contributed by atoms with van der Waals surface area (Å²) >= 11 is 0. The second-order valence-electron chi connectivity index (χ2n) is 3.89. The summed E-state index contributed by atoms with van der Waals surface area (Å²) in [6.45, 7) is 2.47. The zero-order valence-electron chi connectivity index (χ0n) is 10.7. The van der Waals surface area contributed by atoms with Crippen molar-refractivity contribution in [2.45, 2.75) is 6.92 Å². The number of phenols is 1. The molecule has 0 spiro atoms. The molecule has 0 unspecified atom stereocenters. The van der Waals surface area contributed by atoms with Gasteiger partial charge in [-0.05, 0) is 30.7 Å². The third-order valence-electron chi connectivity index (χ3n) is 2.56. The summed E-state index contributed by atoms with van der Waals surface area (Å²) in [7, 11) is 1.47. The molecular formula is C13H15N3O3. The van der Waals surface area contributed by atoms with E-state index in [0.29, 0.717) is 24.0 Å². The van der Waals surface area contributed by atoms with Crippen molar-refractivity contribution in [2.24, 2.45) is 4.99 Å². The number of guanidine groups is 1. The molecule has 1 aliphatic rings. The van der Waals surface area contributed by atoms with E-state index in [9.17, 15) is 9.90 Å². The Morgan fingerprint density at radius 2 is 2.21 bits per heavy atom. The van der Waals surface area contributed by atoms with Crippen molar-refractivity contribution in [3.05, 3.63) is 29.5 Å². The zero-order chi connectivity index (χ0) is 13.8. The lowest BCUT2D eigenvalue weighted by Gasteiger charge is -2.04. The van der Waals surface area contributed by atoms with Crippen LogP contribution in [0.25, 0.3) is 6.08 Å². The number of methoxy groups -OCH3 is 1. The zero-order valence-corrected chi connectivity index (χ0v) is 10.7. The first-order valence-electron chi connectivity index (χ1n) is 5.85. The van der Waals surface area contributed by atoms with E-state index in [1.54, 1.807) is 18.2 Å². The molecule has 1 fully saturated rings. The van der Waals surface area contributed by atoms with Crippen molar-refractivity contribution in [2.75, 3.05) is 13.7 Å². The summed E-state index contributed by atoms with van der Waals surface area (Å²) in [6, 6.07) is 4.85. The molecule has 0 aliphatic carbocycles. The van der Waals surface area contributed by atoms with Crippen LogP contribution in [-0.2, 0) is 4.79 Å². The van der Waals surface area contributed by atoms with Crippen molar-refractivity contribution in [3.8, 4) is 11.5 Å². The van der Waals surface area contributed by atoms with E-state index in [-0.39, 0.29) is 11.7 Å². The predicted octanol–water partition coefficient (Wildman–Crippen LogP) is 0.837. The van der Waals surface area contributed by atoms with Crippen LogP contribution >= 0.6 is 0 Å². The molecule has 1 heterocycles. The van der Waals surface area contributed by atoms with Crippen LogP contribution in [0.4, 0.5) is 0 Å². The van der Waals surface area contributed by atoms with Gasteiger partial charge in [0.25, 0.3) is 5.91 Å². The normalized spacial score (nSPS) is 18.5. The monoisotopic (exact) mass is 261 g/mol. The molecule has 0 radical (unpaired) electrons. The van der Waals surface area contributed by atoms with Gasteiger partial charge in [0, 0.05) is 6.54 Å². The smallest absolute Gasteiger partial charge is 0.274 e. The van der Waals surface area contributed by atoms with Crippen LogP contribution in [0.5, 0.6) is 11.5 Å². The molecule has 6 heteroatoms. The summed E-state index contributed by atoms with van der Waals surface area (Å²) in [4.78, 5) is 15.8. The van der Waals surface area contributed by atoms with Gasteiger partial charge in [0.05, 0.1) is 7.11 Å². The number of carbonyl (C=O) groups excluding carboxylic acids is 1. The number of aliphatic imine (C=N–C) groups is 1. The van der Waals surface area contributed by atoms with Gasteiger partial charge in [-0.2, -0.15) is 0 Å². The number of phenolic OH excluding ortho intramolecular Hbond substituents is 1. The molecule has 2 rings (SSSR count). The number of aromatic hydroxyl groups is 1. The minimum Gasteiger partial charge on any atom is -0.504 e. The lowest BCUT2D eigenvalue weighted by molar-refractivity contribution is -0.115. The second kappa shape index (κ2) is 5.43. The fourth-order valence-corrected chi connectivity index (χ4v) is 1.68. The number of nitrogens with zero attached hydrogens (tertiary/aromatic N) is 1. The number of amides is 1. The summed E-state index contributed by atoms with van der Waals surface area (Å²) in [6.07, 6.45) is 1.66. The minimum atomic E-state index is -0.237. The van der Waals surface area contributed by atoms with E-state index in [1.165, 1.54) is 13.2 Å². The Labute approximate surface area is 110 Å². The Balaban J connectivity index is 2.27. The van der Waals surface area contributed by atoms with Crippen LogP contribution in [-0.4, -0.2) is 30.6 Å². The molecule has 19 heavy (non-hydrogen) atoms. The molecule has 1 saturated heterocycles. The van der Waals surface area contributed by atoms with Gasteiger partial charge >= 0.3 is 0 Å². The van der Waals surface area contributed by atoms with Gasteiger partial charge in [-0.25, -0.2) is 0 Å². The van der Waals surface area contributed by atoms with Crippen molar-refractivity contribution in [1.82, 2.24) is 10.6 Å². The fraction of sp³-hybridized carbons (Fsp3) is 0.231. The Hall–Kier alpha value is -2.50. The maximum atomic E-state index is 11.7. The first kappa shape index (κ1) is 12.9. The lowest BCUT2D eigenvalue weighted by atomic mass is 10.1. The Kier molecular flexibility index (Phi) is 3.70. The SMILES string of the molecule is CCN=C1NC(=O)/C(=C\c2ccc(O)c(OC)c2)N1. The van der Waals surface area contributed by atoms with Crippen molar-refractivity contribution >= 4 is 17.9 Å². The Morgan fingerprint density at radius 3 is 2.89 bits per heavy atom. The quantitative estimate of drug-likeness (QED) is 0.704. The molecule has 1 amide bonds. The molecule has 3 N–H and O–H groups in total. The highest BCUT2D eigenvalue weighted by atomic mass is 16.5. The van der Waals surface area contributed by atoms with Gasteiger partial charge in [-0.1, -0.05) is 6.07 Å². The number of carbonyl (C=O) groups is 1. The molecule has 0 saturated carbocycles. The molecular weight excluding hydrogens is 246 g/mol. The molecule has 0 atom stereocenters. The molecule has 0 aromatic heterocycles. The topological polar surface area (TPSA) is 83.0 Å². The first-order chi connectivity index (χ1) is 9.13. The summed E-state index contributed by atoms with van der Waals surface area (Å²) in [5.41, 5.74) is 1.14. The number of hydrogen-bond donors (Lipinski definition) is 3. The third-order valence-corrected chi connectivity index (χ3v) is 2.56. The standard InChI is InChI=1S/C13H15N3O3/c1-3-14-13-15-9(12(18)16-13)6-8-4-5-10(17)11(7-8)19-2/h4-7,17H,3H2,1-2H3,(H2,14,15,16,18)/b9-6+. The number of ether oxygens (including phenoxy) is 1. The summed E-state index contributed by atoms with van der Waals surface area (Å²) < 4.78 is 5.01. The molecule has 1 aromatic carbocycles. The highest BCUT2D eigenvalue weighted by Gasteiger charge is 2.21. The highest BCUT2D eigenvalue weighted by molar-refractivity contribution is 6.15. The molecule has 6 nitrogen and oxygen atoms in total. The van der Waals surface area contributed by atoms with Gasteiger partial charge < -0.3 is 15.2 Å². The maximum Gasteiger partial charge on any atom is 0.274 e. The Bertz CT molecular complexity index is 564.